The van der Waals surface area contributed by atoms with Gasteiger partial charge in [0.1, 0.15) is 0 Å². The zero-order chi connectivity index (χ0) is 10.6. The van der Waals surface area contributed by atoms with Crippen LogP contribution in [0, 0.1) is 0 Å². The predicted molar refractivity (Wildman–Crippen MR) is 58.5 cm³/mol. The van der Waals surface area contributed by atoms with Gasteiger partial charge in [0, 0.05) is 11.9 Å². The third-order valence-electron chi connectivity index (χ3n) is 1.52. The number of hydrogen-bond acceptors (Lipinski definition) is 5. The number of aliphatic carboxylic acids is 1. The zero-order valence-corrected chi connectivity index (χ0v) is 8.96. The summed E-state index contributed by atoms with van der Waals surface area (Å²) in [7, 11) is 0. The minimum Gasteiger partial charge on any atom is -0.479 e. The lowest BCUT2D eigenvalue weighted by molar-refractivity contribution is -0.139. The molecule has 0 saturated heterocycles. The highest BCUT2D eigenvalue weighted by molar-refractivity contribution is 8.02. The molecule has 0 radical (unpaired) electrons. The van der Waals surface area contributed by atoms with Crippen LogP contribution in [-0.2, 0) is 4.79 Å². The summed E-state index contributed by atoms with van der Waals surface area (Å²) in [5.74, 6) is -1.05. The Kier molecular flexibility index (Phi) is 3.79. The maximum absolute atomic E-state index is 10.8. The molecular weight excluding hydrogens is 220 g/mol. The van der Waals surface area contributed by atoms with Crippen LogP contribution in [0.15, 0.2) is 29.4 Å². The first-order chi connectivity index (χ1) is 6.58. The average Bonchev–Trinajstić information content (AvgIpc) is 2.19. The van der Waals surface area contributed by atoms with E-state index in [1.165, 1.54) is 0 Å². The van der Waals surface area contributed by atoms with Crippen molar-refractivity contribution in [2.75, 3.05) is 5.75 Å². The van der Waals surface area contributed by atoms with Gasteiger partial charge >= 0.3 is 5.97 Å². The second kappa shape index (κ2) is 4.68. The molecule has 3 N–H and O–H groups in total. The maximum Gasteiger partial charge on any atom is 0.335 e. The molecule has 0 aromatic carbocycles. The number of hydrogen-bond donors (Lipinski definition) is 3. The molecule has 14 heavy (non-hydrogen) atoms. The number of thiol groups is 1. The van der Waals surface area contributed by atoms with Crippen molar-refractivity contribution in [3.63, 3.8) is 0 Å². The molecule has 1 aromatic rings. The fraction of sp³-hybridized carbons (Fsp3) is 0.250. The Morgan fingerprint density at radius 1 is 1.71 bits per heavy atom. The number of rotatable bonds is 4. The highest BCUT2D eigenvalue weighted by Crippen LogP contribution is 2.28. The molecule has 0 amide bonds. The van der Waals surface area contributed by atoms with E-state index in [2.05, 4.69) is 17.6 Å². The van der Waals surface area contributed by atoms with E-state index >= 15 is 0 Å². The van der Waals surface area contributed by atoms with Crippen molar-refractivity contribution < 1.29 is 9.90 Å². The quantitative estimate of drug-likeness (QED) is 0.406. The molecule has 1 heterocycles. The molecule has 1 atom stereocenters. The highest BCUT2D eigenvalue weighted by Gasteiger charge is 2.34. The van der Waals surface area contributed by atoms with Gasteiger partial charge in [0.25, 0.3) is 0 Å². The first-order valence-corrected chi connectivity index (χ1v) is 5.26. The summed E-state index contributed by atoms with van der Waals surface area (Å²) in [5, 5.41) is 9.45. The SMILES string of the molecule is N[C@@](CS)(Sc1ccccn1)C(=O)O. The molecule has 0 aliphatic heterocycles. The Hall–Kier alpha value is -0.720. The smallest absolute Gasteiger partial charge is 0.335 e. The lowest BCUT2D eigenvalue weighted by Crippen LogP contribution is -2.46. The second-order valence-electron chi connectivity index (χ2n) is 2.62. The fourth-order valence-corrected chi connectivity index (χ4v) is 1.85. The van der Waals surface area contributed by atoms with Crippen molar-refractivity contribution in [3.05, 3.63) is 24.4 Å². The standard InChI is InChI=1S/C8H10N2O2S2/c9-8(5-13,7(11)12)14-6-3-1-2-4-10-6/h1-4,13H,5,9H2,(H,11,12)/t8-/m0/s1. The van der Waals surface area contributed by atoms with Crippen LogP contribution in [0.4, 0.5) is 0 Å². The van der Waals surface area contributed by atoms with Crippen molar-refractivity contribution in [2.24, 2.45) is 5.73 Å². The molecule has 1 aromatic heterocycles. The molecular formula is C8H10N2O2S2. The Bertz CT molecular complexity index is 320. The number of aromatic nitrogens is 1. The van der Waals surface area contributed by atoms with Crippen LogP contribution in [0.2, 0.25) is 0 Å². The molecule has 0 bridgehead atoms. The van der Waals surface area contributed by atoms with Gasteiger partial charge in [0.05, 0.1) is 5.03 Å². The molecule has 1 rings (SSSR count). The number of nitrogens with two attached hydrogens (primary N) is 1. The van der Waals surface area contributed by atoms with Gasteiger partial charge in [-0.2, -0.15) is 12.6 Å². The molecule has 0 unspecified atom stereocenters. The molecule has 4 nitrogen and oxygen atoms in total. The van der Waals surface area contributed by atoms with Gasteiger partial charge in [-0.05, 0) is 12.1 Å². The van der Waals surface area contributed by atoms with E-state index in [0.717, 1.165) is 11.8 Å². The van der Waals surface area contributed by atoms with E-state index in [4.69, 9.17) is 10.8 Å². The fourth-order valence-electron chi connectivity index (χ4n) is 0.738. The Labute approximate surface area is 91.3 Å². The molecule has 0 aliphatic carbocycles. The summed E-state index contributed by atoms with van der Waals surface area (Å²) in [6, 6.07) is 5.23. The molecule has 0 aliphatic rings. The summed E-state index contributed by atoms with van der Waals surface area (Å²) in [6.45, 7) is 0. The van der Waals surface area contributed by atoms with Gasteiger partial charge in [0.2, 0.25) is 0 Å². The van der Waals surface area contributed by atoms with Gasteiger partial charge in [0.15, 0.2) is 4.87 Å². The highest BCUT2D eigenvalue weighted by atomic mass is 32.2. The summed E-state index contributed by atoms with van der Waals surface area (Å²) >= 11 is 4.91. The lowest BCUT2D eigenvalue weighted by atomic mass is 10.4. The number of pyridine rings is 1. The number of carboxylic acids is 1. The van der Waals surface area contributed by atoms with Gasteiger partial charge in [-0.25, -0.2) is 9.78 Å². The van der Waals surface area contributed by atoms with Crippen LogP contribution >= 0.6 is 24.4 Å². The van der Waals surface area contributed by atoms with Gasteiger partial charge in [-0.1, -0.05) is 17.8 Å². The minimum atomic E-state index is -1.42. The Morgan fingerprint density at radius 3 is 2.86 bits per heavy atom. The van der Waals surface area contributed by atoms with E-state index in [-0.39, 0.29) is 5.75 Å². The van der Waals surface area contributed by atoms with Gasteiger partial charge in [-0.15, -0.1) is 0 Å². The largest absolute Gasteiger partial charge is 0.479 e. The number of carbonyl (C=O) groups is 1. The molecule has 6 heteroatoms. The topological polar surface area (TPSA) is 76.2 Å². The summed E-state index contributed by atoms with van der Waals surface area (Å²) in [4.78, 5) is 13.4. The molecule has 0 saturated carbocycles. The van der Waals surface area contributed by atoms with Crippen LogP contribution in [-0.4, -0.2) is 26.7 Å². The summed E-state index contributed by atoms with van der Waals surface area (Å²) in [5.41, 5.74) is 5.62. The van der Waals surface area contributed by atoms with Crippen LogP contribution in [0.1, 0.15) is 0 Å². The normalized spacial score (nSPS) is 14.7. The van der Waals surface area contributed by atoms with Crippen molar-refractivity contribution in [2.45, 2.75) is 9.90 Å². The maximum atomic E-state index is 10.8. The zero-order valence-electron chi connectivity index (χ0n) is 7.25. The average molecular weight is 230 g/mol. The van der Waals surface area contributed by atoms with Crippen molar-refractivity contribution in [1.82, 2.24) is 4.98 Å². The Morgan fingerprint density at radius 2 is 2.43 bits per heavy atom. The van der Waals surface area contributed by atoms with Crippen LogP contribution in [0.25, 0.3) is 0 Å². The third kappa shape index (κ3) is 2.63. The summed E-state index contributed by atoms with van der Waals surface area (Å²) in [6.07, 6.45) is 1.59. The number of nitrogens with zero attached hydrogens (tertiary/aromatic N) is 1. The van der Waals surface area contributed by atoms with Gasteiger partial charge < -0.3 is 10.8 Å². The van der Waals surface area contributed by atoms with Crippen molar-refractivity contribution in [1.29, 1.82) is 0 Å². The van der Waals surface area contributed by atoms with E-state index in [9.17, 15) is 4.79 Å². The van der Waals surface area contributed by atoms with Crippen LogP contribution in [0.3, 0.4) is 0 Å². The lowest BCUT2D eigenvalue weighted by Gasteiger charge is -2.20. The van der Waals surface area contributed by atoms with Gasteiger partial charge in [-0.3, -0.25) is 0 Å². The Balaban J connectivity index is 2.81. The van der Waals surface area contributed by atoms with Crippen molar-refractivity contribution in [3.8, 4) is 0 Å². The molecule has 76 valence electrons. The summed E-state index contributed by atoms with van der Waals surface area (Å²) < 4.78 is 0. The number of thioether (sulfide) groups is 1. The van der Waals surface area contributed by atoms with Crippen LogP contribution in [0.5, 0.6) is 0 Å². The number of carboxylic acid groups (broad SMARTS) is 1. The van der Waals surface area contributed by atoms with E-state index in [0.29, 0.717) is 5.03 Å². The third-order valence-corrected chi connectivity index (χ3v) is 3.37. The van der Waals surface area contributed by atoms with E-state index in [1.807, 2.05) is 0 Å². The van der Waals surface area contributed by atoms with Crippen LogP contribution < -0.4 is 5.73 Å². The van der Waals surface area contributed by atoms with E-state index < -0.39 is 10.8 Å². The first-order valence-electron chi connectivity index (χ1n) is 3.81. The molecule has 0 fully saturated rings. The predicted octanol–water partition coefficient (Wildman–Crippen LogP) is 0.843. The first kappa shape index (κ1) is 11.4. The van der Waals surface area contributed by atoms with Crippen molar-refractivity contribution >= 4 is 30.4 Å². The monoisotopic (exact) mass is 230 g/mol. The van der Waals surface area contributed by atoms with E-state index in [1.54, 1.807) is 24.4 Å². The minimum absolute atomic E-state index is 0.0452. The second-order valence-corrected chi connectivity index (χ2v) is 4.29. The molecule has 0 spiro atoms.